The Labute approximate surface area is 115 Å². The maximum atomic E-state index is 12.4. The van der Waals surface area contributed by atoms with E-state index in [1.165, 1.54) is 0 Å². The average Bonchev–Trinajstić information content (AvgIpc) is 2.38. The van der Waals surface area contributed by atoms with Gasteiger partial charge in [0.25, 0.3) is 0 Å². The van der Waals surface area contributed by atoms with Gasteiger partial charge in [-0.2, -0.15) is 0 Å². The predicted molar refractivity (Wildman–Crippen MR) is 78.7 cm³/mol. The summed E-state index contributed by atoms with van der Waals surface area (Å²) in [6, 6.07) is 3.99. The molecule has 106 valence electrons. The number of benzene rings is 1. The van der Waals surface area contributed by atoms with Gasteiger partial charge in [-0.15, -0.1) is 0 Å². The molecule has 0 aliphatic rings. The Bertz CT molecular complexity index is 454. The van der Waals surface area contributed by atoms with Crippen molar-refractivity contribution >= 4 is 11.6 Å². The highest BCUT2D eigenvalue weighted by Gasteiger charge is 2.23. The zero-order valence-corrected chi connectivity index (χ0v) is 12.5. The van der Waals surface area contributed by atoms with Crippen LogP contribution in [-0.4, -0.2) is 26.6 Å². The first-order valence-corrected chi connectivity index (χ1v) is 6.59. The minimum Gasteiger partial charge on any atom is -0.495 e. The highest BCUT2D eigenvalue weighted by molar-refractivity contribution is 5.97. The molecule has 0 bridgehead atoms. The summed E-state index contributed by atoms with van der Waals surface area (Å²) in [5.74, 6) is 0.617. The molecule has 1 atom stereocenters. The Kier molecular flexibility index (Phi) is 5.36. The third-order valence-corrected chi connectivity index (χ3v) is 3.42. The molecule has 0 aromatic heterocycles. The molecule has 19 heavy (non-hydrogen) atoms. The van der Waals surface area contributed by atoms with Crippen LogP contribution in [0.3, 0.4) is 0 Å². The molecule has 0 radical (unpaired) electrons. The topological polar surface area (TPSA) is 55.6 Å². The van der Waals surface area contributed by atoms with E-state index in [0.29, 0.717) is 6.54 Å². The first-order valence-electron chi connectivity index (χ1n) is 6.59. The second-order valence-corrected chi connectivity index (χ2v) is 4.87. The third kappa shape index (κ3) is 3.26. The van der Waals surface area contributed by atoms with Crippen LogP contribution in [0.1, 0.15) is 24.5 Å². The molecular formula is C15H24N2O2. The van der Waals surface area contributed by atoms with Crippen LogP contribution >= 0.6 is 0 Å². The van der Waals surface area contributed by atoms with Crippen LogP contribution in [0.2, 0.25) is 0 Å². The van der Waals surface area contributed by atoms with E-state index >= 15 is 0 Å². The van der Waals surface area contributed by atoms with Crippen LogP contribution in [-0.2, 0) is 4.79 Å². The number of carbonyl (C=O) groups excluding carboxylic acids is 1. The van der Waals surface area contributed by atoms with Crippen molar-refractivity contribution in [3.63, 3.8) is 0 Å². The molecule has 1 amide bonds. The summed E-state index contributed by atoms with van der Waals surface area (Å²) in [6.45, 7) is 6.34. The number of amides is 1. The summed E-state index contributed by atoms with van der Waals surface area (Å²) in [4.78, 5) is 14.1. The second-order valence-electron chi connectivity index (χ2n) is 4.87. The van der Waals surface area contributed by atoms with Crippen molar-refractivity contribution in [2.45, 2.75) is 27.2 Å². The minimum absolute atomic E-state index is 0.0373. The zero-order valence-electron chi connectivity index (χ0n) is 12.5. The normalized spacial score (nSPS) is 12.1. The summed E-state index contributed by atoms with van der Waals surface area (Å²) >= 11 is 0. The maximum Gasteiger partial charge on any atom is 0.231 e. The van der Waals surface area contributed by atoms with E-state index in [0.717, 1.165) is 29.0 Å². The van der Waals surface area contributed by atoms with Gasteiger partial charge < -0.3 is 15.4 Å². The zero-order chi connectivity index (χ0) is 14.6. The lowest BCUT2D eigenvalue weighted by molar-refractivity contribution is -0.121. The summed E-state index contributed by atoms with van der Waals surface area (Å²) in [7, 11) is 3.40. The molecule has 1 aromatic rings. The fourth-order valence-corrected chi connectivity index (χ4v) is 2.33. The Hall–Kier alpha value is -1.55. The van der Waals surface area contributed by atoms with Gasteiger partial charge in [0.2, 0.25) is 5.91 Å². The molecule has 0 saturated carbocycles. The van der Waals surface area contributed by atoms with E-state index in [-0.39, 0.29) is 11.8 Å². The Morgan fingerprint density at radius 2 is 2.05 bits per heavy atom. The number of aryl methyl sites for hydroxylation is 2. The minimum atomic E-state index is -0.143. The molecule has 0 heterocycles. The Morgan fingerprint density at radius 3 is 2.53 bits per heavy atom. The molecule has 0 spiro atoms. The quantitative estimate of drug-likeness (QED) is 0.887. The molecule has 0 fully saturated rings. The van der Waals surface area contributed by atoms with Gasteiger partial charge in [-0.25, -0.2) is 0 Å². The van der Waals surface area contributed by atoms with Gasteiger partial charge in [0.15, 0.2) is 0 Å². The highest BCUT2D eigenvalue weighted by atomic mass is 16.5. The number of hydrogen-bond acceptors (Lipinski definition) is 3. The van der Waals surface area contributed by atoms with Crippen molar-refractivity contribution in [2.24, 2.45) is 11.7 Å². The number of carbonyl (C=O) groups is 1. The molecule has 4 nitrogen and oxygen atoms in total. The standard InChI is InChI=1S/C15H24N2O2/c1-6-12(9-16)15(18)17(4)14-11(3)7-10(2)8-13(14)19-5/h7-8,12H,6,9,16H2,1-5H3. The Morgan fingerprint density at radius 1 is 1.42 bits per heavy atom. The largest absolute Gasteiger partial charge is 0.495 e. The lowest BCUT2D eigenvalue weighted by atomic mass is 10.0. The number of rotatable bonds is 5. The van der Waals surface area contributed by atoms with Gasteiger partial charge in [0, 0.05) is 13.6 Å². The summed E-state index contributed by atoms with van der Waals surface area (Å²) in [5, 5.41) is 0. The van der Waals surface area contributed by atoms with E-state index in [2.05, 4.69) is 0 Å². The number of nitrogens with two attached hydrogens (primary N) is 1. The fraction of sp³-hybridized carbons (Fsp3) is 0.533. The van der Waals surface area contributed by atoms with Crippen LogP contribution in [0.4, 0.5) is 5.69 Å². The van der Waals surface area contributed by atoms with E-state index in [1.54, 1.807) is 19.1 Å². The van der Waals surface area contributed by atoms with Crippen LogP contribution in [0, 0.1) is 19.8 Å². The van der Waals surface area contributed by atoms with Gasteiger partial charge in [-0.3, -0.25) is 4.79 Å². The van der Waals surface area contributed by atoms with E-state index < -0.39 is 0 Å². The lowest BCUT2D eigenvalue weighted by Crippen LogP contribution is -2.36. The Balaban J connectivity index is 3.18. The average molecular weight is 264 g/mol. The first-order chi connectivity index (χ1) is 8.96. The summed E-state index contributed by atoms with van der Waals surface area (Å²) in [6.07, 6.45) is 0.743. The van der Waals surface area contributed by atoms with Gasteiger partial charge in [0.1, 0.15) is 5.75 Å². The van der Waals surface area contributed by atoms with Gasteiger partial charge in [0.05, 0.1) is 18.7 Å². The highest BCUT2D eigenvalue weighted by Crippen LogP contribution is 2.33. The van der Waals surface area contributed by atoms with Crippen molar-refractivity contribution in [1.82, 2.24) is 0 Å². The number of nitrogens with zero attached hydrogens (tertiary/aromatic N) is 1. The van der Waals surface area contributed by atoms with Crippen LogP contribution in [0.25, 0.3) is 0 Å². The van der Waals surface area contributed by atoms with Crippen molar-refractivity contribution in [2.75, 3.05) is 25.6 Å². The smallest absolute Gasteiger partial charge is 0.231 e. The lowest BCUT2D eigenvalue weighted by Gasteiger charge is -2.26. The van der Waals surface area contributed by atoms with Crippen molar-refractivity contribution in [3.8, 4) is 5.75 Å². The van der Waals surface area contributed by atoms with Crippen molar-refractivity contribution in [3.05, 3.63) is 23.3 Å². The van der Waals surface area contributed by atoms with Crippen LogP contribution in [0.5, 0.6) is 5.75 Å². The number of methoxy groups -OCH3 is 1. The maximum absolute atomic E-state index is 12.4. The van der Waals surface area contributed by atoms with Crippen LogP contribution < -0.4 is 15.4 Å². The molecule has 0 saturated heterocycles. The summed E-state index contributed by atoms with van der Waals surface area (Å²) in [5.41, 5.74) is 8.62. The van der Waals surface area contributed by atoms with Crippen LogP contribution in [0.15, 0.2) is 12.1 Å². The van der Waals surface area contributed by atoms with E-state index in [1.807, 2.05) is 32.9 Å². The molecule has 0 aliphatic carbocycles. The van der Waals surface area contributed by atoms with Gasteiger partial charge in [-0.1, -0.05) is 13.0 Å². The van der Waals surface area contributed by atoms with E-state index in [4.69, 9.17) is 10.5 Å². The molecular weight excluding hydrogens is 240 g/mol. The first kappa shape index (κ1) is 15.5. The SMILES string of the molecule is CCC(CN)C(=O)N(C)c1c(C)cc(C)cc1OC. The van der Waals surface area contributed by atoms with E-state index in [9.17, 15) is 4.79 Å². The van der Waals surface area contributed by atoms with Gasteiger partial charge in [-0.05, 0) is 37.5 Å². The molecule has 1 aromatic carbocycles. The number of ether oxygens (including phenoxy) is 1. The van der Waals surface area contributed by atoms with Crippen molar-refractivity contribution < 1.29 is 9.53 Å². The molecule has 0 aliphatic heterocycles. The number of anilines is 1. The molecule has 4 heteroatoms. The van der Waals surface area contributed by atoms with Gasteiger partial charge >= 0.3 is 0 Å². The predicted octanol–water partition coefficient (Wildman–Crippen LogP) is 2.26. The monoisotopic (exact) mass is 264 g/mol. The molecule has 2 N–H and O–H groups in total. The number of hydrogen-bond donors (Lipinski definition) is 1. The molecule has 1 rings (SSSR count). The summed E-state index contributed by atoms with van der Waals surface area (Å²) < 4.78 is 5.40. The third-order valence-electron chi connectivity index (χ3n) is 3.42. The fourth-order valence-electron chi connectivity index (χ4n) is 2.33. The van der Waals surface area contributed by atoms with Crippen molar-refractivity contribution in [1.29, 1.82) is 0 Å². The second kappa shape index (κ2) is 6.57. The molecule has 1 unspecified atom stereocenters.